The Bertz CT molecular complexity index is 983. The van der Waals surface area contributed by atoms with Crippen molar-refractivity contribution in [2.45, 2.75) is 32.6 Å². The molecule has 0 aliphatic carbocycles. The van der Waals surface area contributed by atoms with E-state index in [4.69, 9.17) is 9.47 Å². The average Bonchev–Trinajstić information content (AvgIpc) is 3.13. The lowest BCUT2D eigenvalue weighted by Gasteiger charge is -2.22. The number of carbonyl (C=O) groups is 2. The predicted molar refractivity (Wildman–Crippen MR) is 107 cm³/mol. The number of carbonyl (C=O) groups excluding carboxylic acids is 2. The fourth-order valence-electron chi connectivity index (χ4n) is 3.56. The third-order valence-corrected chi connectivity index (χ3v) is 5.00. The highest BCUT2D eigenvalue weighted by molar-refractivity contribution is 6.26. The molecule has 2 aromatic heterocycles. The van der Waals surface area contributed by atoms with Crippen LogP contribution < -0.4 is 5.43 Å². The summed E-state index contributed by atoms with van der Waals surface area (Å²) in [7, 11) is 0. The molecular weight excluding hydrogens is 372 g/mol. The number of allylic oxidation sites excluding steroid dienone is 1. The van der Waals surface area contributed by atoms with Crippen molar-refractivity contribution >= 4 is 28.9 Å². The van der Waals surface area contributed by atoms with Gasteiger partial charge in [0.2, 0.25) is 11.7 Å². The lowest BCUT2D eigenvalue weighted by Crippen LogP contribution is -2.39. The van der Waals surface area contributed by atoms with Crippen LogP contribution in [-0.4, -0.2) is 46.4 Å². The SMILES string of the molecule is CCOC(=O)C1=C(NN2CCCCCC2)OC(=Cc2c[nH]c3ncccc23)C1=O. The second-order valence-corrected chi connectivity index (χ2v) is 7.02. The number of pyridine rings is 1. The number of aromatic nitrogens is 2. The largest absolute Gasteiger partial charge is 0.462 e. The van der Waals surface area contributed by atoms with E-state index in [0.717, 1.165) is 36.9 Å². The number of esters is 1. The molecule has 4 heterocycles. The first-order chi connectivity index (χ1) is 14.2. The molecule has 152 valence electrons. The Morgan fingerprint density at radius 3 is 2.90 bits per heavy atom. The molecule has 2 aliphatic rings. The summed E-state index contributed by atoms with van der Waals surface area (Å²) in [6.45, 7) is 3.53. The maximum atomic E-state index is 13.0. The highest BCUT2D eigenvalue weighted by Gasteiger charge is 2.37. The molecule has 2 aliphatic heterocycles. The van der Waals surface area contributed by atoms with E-state index in [9.17, 15) is 9.59 Å². The van der Waals surface area contributed by atoms with E-state index in [1.165, 1.54) is 12.8 Å². The molecule has 0 saturated carbocycles. The molecule has 0 spiro atoms. The Morgan fingerprint density at radius 1 is 1.34 bits per heavy atom. The van der Waals surface area contributed by atoms with Crippen LogP contribution in [0, 0.1) is 0 Å². The number of hydrogen-bond acceptors (Lipinski definition) is 7. The van der Waals surface area contributed by atoms with Gasteiger partial charge in [0.25, 0.3) is 0 Å². The summed E-state index contributed by atoms with van der Waals surface area (Å²) in [5.41, 5.74) is 4.51. The second-order valence-electron chi connectivity index (χ2n) is 7.02. The number of rotatable bonds is 5. The van der Waals surface area contributed by atoms with Gasteiger partial charge in [0.05, 0.1) is 6.61 Å². The van der Waals surface area contributed by atoms with Gasteiger partial charge >= 0.3 is 5.97 Å². The van der Waals surface area contributed by atoms with Crippen LogP contribution in [0.4, 0.5) is 0 Å². The molecule has 0 amide bonds. The van der Waals surface area contributed by atoms with Crippen LogP contribution >= 0.6 is 0 Å². The molecular formula is C21H24N4O4. The summed E-state index contributed by atoms with van der Waals surface area (Å²) < 4.78 is 10.9. The number of Topliss-reactive ketones (excluding diaryl/α,β-unsaturated/α-hetero) is 1. The van der Waals surface area contributed by atoms with Crippen molar-refractivity contribution in [3.05, 3.63) is 47.3 Å². The van der Waals surface area contributed by atoms with Gasteiger partial charge in [-0.05, 0) is 38.0 Å². The van der Waals surface area contributed by atoms with E-state index in [1.54, 1.807) is 25.4 Å². The van der Waals surface area contributed by atoms with Crippen LogP contribution in [-0.2, 0) is 19.1 Å². The maximum Gasteiger partial charge on any atom is 0.347 e. The third-order valence-electron chi connectivity index (χ3n) is 5.00. The molecule has 0 atom stereocenters. The van der Waals surface area contributed by atoms with E-state index in [1.807, 2.05) is 17.1 Å². The first-order valence-electron chi connectivity index (χ1n) is 9.96. The Morgan fingerprint density at radius 2 is 2.14 bits per heavy atom. The Labute approximate surface area is 168 Å². The molecule has 0 radical (unpaired) electrons. The summed E-state index contributed by atoms with van der Waals surface area (Å²) in [4.78, 5) is 32.7. The first kappa shape index (κ1) is 19.2. The quantitative estimate of drug-likeness (QED) is 0.456. The van der Waals surface area contributed by atoms with Crippen molar-refractivity contribution in [3.8, 4) is 0 Å². The molecule has 2 aromatic rings. The van der Waals surface area contributed by atoms with Crippen molar-refractivity contribution in [1.29, 1.82) is 0 Å². The number of nitrogens with zero attached hydrogens (tertiary/aromatic N) is 2. The zero-order valence-corrected chi connectivity index (χ0v) is 16.4. The van der Waals surface area contributed by atoms with Crippen molar-refractivity contribution in [1.82, 2.24) is 20.4 Å². The molecule has 2 N–H and O–H groups in total. The van der Waals surface area contributed by atoms with Gasteiger partial charge in [0, 0.05) is 36.4 Å². The standard InChI is InChI=1S/C21H24N4O4/c1-2-28-21(27)17-18(26)16(12-14-13-23-19-15(14)8-7-9-22-19)29-20(17)24-25-10-5-3-4-6-11-25/h7-9,12-13,24H,2-6,10-11H2,1H3,(H,22,23). The number of H-pyrrole nitrogens is 1. The predicted octanol–water partition coefficient (Wildman–Crippen LogP) is 2.66. The minimum absolute atomic E-state index is 0.0788. The van der Waals surface area contributed by atoms with Gasteiger partial charge in [-0.2, -0.15) is 0 Å². The highest BCUT2D eigenvalue weighted by atomic mass is 16.5. The molecule has 8 nitrogen and oxygen atoms in total. The monoisotopic (exact) mass is 396 g/mol. The summed E-state index contributed by atoms with van der Waals surface area (Å²) >= 11 is 0. The van der Waals surface area contributed by atoms with Crippen LogP contribution in [0.15, 0.2) is 41.7 Å². The van der Waals surface area contributed by atoms with E-state index in [2.05, 4.69) is 15.4 Å². The van der Waals surface area contributed by atoms with Crippen LogP contribution in [0.5, 0.6) is 0 Å². The van der Waals surface area contributed by atoms with Crippen LogP contribution in [0.25, 0.3) is 17.1 Å². The van der Waals surface area contributed by atoms with Gasteiger partial charge < -0.3 is 14.5 Å². The molecule has 1 saturated heterocycles. The number of ether oxygens (including phenoxy) is 2. The fraction of sp³-hybridized carbons (Fsp3) is 0.381. The summed E-state index contributed by atoms with van der Waals surface area (Å²) in [5.74, 6) is -0.951. The summed E-state index contributed by atoms with van der Waals surface area (Å²) in [5, 5.41) is 2.86. The Kier molecular flexibility index (Phi) is 5.62. The average molecular weight is 396 g/mol. The third kappa shape index (κ3) is 4.02. The fourth-order valence-corrected chi connectivity index (χ4v) is 3.56. The lowest BCUT2D eigenvalue weighted by molar-refractivity contribution is -0.139. The number of aromatic amines is 1. The number of ketones is 1. The Balaban J connectivity index is 1.63. The van der Waals surface area contributed by atoms with E-state index in [0.29, 0.717) is 5.65 Å². The molecule has 29 heavy (non-hydrogen) atoms. The van der Waals surface area contributed by atoms with Crippen LogP contribution in [0.3, 0.4) is 0 Å². The molecule has 1 fully saturated rings. The minimum Gasteiger partial charge on any atom is -0.462 e. The van der Waals surface area contributed by atoms with Gasteiger partial charge in [-0.3, -0.25) is 10.2 Å². The zero-order chi connectivity index (χ0) is 20.2. The Hall–Kier alpha value is -3.13. The smallest absolute Gasteiger partial charge is 0.347 e. The van der Waals surface area contributed by atoms with Crippen LogP contribution in [0.1, 0.15) is 38.2 Å². The number of hydrazine groups is 1. The second kappa shape index (κ2) is 8.48. The van der Waals surface area contributed by atoms with E-state index in [-0.39, 0.29) is 23.8 Å². The number of hydrogen-bond donors (Lipinski definition) is 2. The van der Waals surface area contributed by atoms with Gasteiger partial charge in [-0.15, -0.1) is 0 Å². The molecule has 8 heteroatoms. The molecule has 4 rings (SSSR count). The lowest BCUT2D eigenvalue weighted by atomic mass is 10.1. The van der Waals surface area contributed by atoms with Gasteiger partial charge in [-0.25, -0.2) is 14.8 Å². The summed E-state index contributed by atoms with van der Waals surface area (Å²) in [6, 6.07) is 3.73. The maximum absolute atomic E-state index is 13.0. The highest BCUT2D eigenvalue weighted by Crippen LogP contribution is 2.28. The van der Waals surface area contributed by atoms with Crippen molar-refractivity contribution in [3.63, 3.8) is 0 Å². The zero-order valence-electron chi connectivity index (χ0n) is 16.4. The van der Waals surface area contributed by atoms with Crippen molar-refractivity contribution in [2.24, 2.45) is 0 Å². The van der Waals surface area contributed by atoms with Gasteiger partial charge in [0.1, 0.15) is 5.65 Å². The number of nitrogens with one attached hydrogen (secondary N) is 2. The van der Waals surface area contributed by atoms with E-state index < -0.39 is 11.8 Å². The molecule has 0 aromatic carbocycles. The van der Waals surface area contributed by atoms with Gasteiger partial charge in [0.15, 0.2) is 11.3 Å². The molecule has 0 unspecified atom stereocenters. The minimum atomic E-state index is -0.682. The topological polar surface area (TPSA) is 96.6 Å². The van der Waals surface area contributed by atoms with Crippen LogP contribution in [0.2, 0.25) is 0 Å². The van der Waals surface area contributed by atoms with Crippen molar-refractivity contribution in [2.75, 3.05) is 19.7 Å². The van der Waals surface area contributed by atoms with Crippen molar-refractivity contribution < 1.29 is 19.1 Å². The normalized spacial score (nSPS) is 19.5. The summed E-state index contributed by atoms with van der Waals surface area (Å²) in [6.07, 6.45) is 9.51. The molecule has 0 bridgehead atoms. The first-order valence-corrected chi connectivity index (χ1v) is 9.96. The number of fused-ring (bicyclic) bond motifs is 1. The van der Waals surface area contributed by atoms with Gasteiger partial charge in [-0.1, -0.05) is 12.8 Å². The van der Waals surface area contributed by atoms with E-state index >= 15 is 0 Å².